The third kappa shape index (κ3) is 4.20. The molecule has 0 bridgehead atoms. The van der Waals surface area contributed by atoms with Crippen LogP contribution in [-0.4, -0.2) is 11.1 Å². The first kappa shape index (κ1) is 16.3. The second-order valence-corrected chi connectivity index (χ2v) is 5.95. The zero-order chi connectivity index (χ0) is 15.9. The van der Waals surface area contributed by atoms with Crippen LogP contribution in [-0.2, 0) is 6.42 Å². The molecule has 0 radical (unpaired) electrons. The van der Waals surface area contributed by atoms with Gasteiger partial charge in [-0.3, -0.25) is 0 Å². The van der Waals surface area contributed by atoms with E-state index < -0.39 is 5.97 Å². The minimum atomic E-state index is -0.881. The monoisotopic (exact) mass is 296 g/mol. The Labute approximate surface area is 132 Å². The number of hydrogen-bond donors (Lipinski definition) is 1. The predicted molar refractivity (Wildman–Crippen MR) is 91.2 cm³/mol. The van der Waals surface area contributed by atoms with E-state index >= 15 is 0 Å². The summed E-state index contributed by atoms with van der Waals surface area (Å²) in [5, 5.41) is 8.99. The van der Waals surface area contributed by atoms with Crippen molar-refractivity contribution in [2.75, 3.05) is 0 Å². The molecule has 0 saturated carbocycles. The van der Waals surface area contributed by atoms with Gasteiger partial charge in [0.15, 0.2) is 0 Å². The van der Waals surface area contributed by atoms with Crippen LogP contribution in [0.25, 0.3) is 11.1 Å². The molecule has 0 fully saturated rings. The fourth-order valence-electron chi connectivity index (χ4n) is 2.66. The van der Waals surface area contributed by atoms with E-state index in [4.69, 9.17) is 5.11 Å². The van der Waals surface area contributed by atoms with Crippen molar-refractivity contribution in [1.29, 1.82) is 0 Å². The molecule has 2 rings (SSSR count). The molecule has 0 saturated heterocycles. The maximum atomic E-state index is 10.9. The molecule has 22 heavy (non-hydrogen) atoms. The van der Waals surface area contributed by atoms with Gasteiger partial charge in [0.05, 0.1) is 5.56 Å². The van der Waals surface area contributed by atoms with Crippen LogP contribution in [0.5, 0.6) is 0 Å². The van der Waals surface area contributed by atoms with Gasteiger partial charge in [-0.1, -0.05) is 63.1 Å². The van der Waals surface area contributed by atoms with E-state index in [9.17, 15) is 4.79 Å². The lowest BCUT2D eigenvalue weighted by molar-refractivity contribution is 0.0697. The maximum absolute atomic E-state index is 10.9. The molecule has 0 aromatic heterocycles. The van der Waals surface area contributed by atoms with Crippen molar-refractivity contribution < 1.29 is 9.90 Å². The Hall–Kier alpha value is -2.09. The molecule has 2 aromatic carbocycles. The van der Waals surface area contributed by atoms with Gasteiger partial charge in [-0.05, 0) is 47.6 Å². The minimum absolute atomic E-state index is 0.331. The summed E-state index contributed by atoms with van der Waals surface area (Å²) in [6, 6.07) is 15.6. The molecular weight excluding hydrogens is 272 g/mol. The van der Waals surface area contributed by atoms with Crippen LogP contribution in [0.1, 0.15) is 49.0 Å². The molecule has 0 aliphatic rings. The standard InChI is InChI=1S/C20H24O2/c1-3-15(2)7-6-9-16-8-4-5-10-19(16)17-11-13-18(14-12-17)20(21)22/h4-5,8,10-15H,3,6-7,9H2,1-2H3,(H,21,22). The molecule has 0 aliphatic carbocycles. The highest BCUT2D eigenvalue weighted by Crippen LogP contribution is 2.26. The highest BCUT2D eigenvalue weighted by Gasteiger charge is 2.07. The lowest BCUT2D eigenvalue weighted by Gasteiger charge is -2.12. The Kier molecular flexibility index (Phi) is 5.76. The van der Waals surface area contributed by atoms with Crippen LogP contribution in [0.3, 0.4) is 0 Å². The Bertz CT molecular complexity index is 614. The van der Waals surface area contributed by atoms with Gasteiger partial charge >= 0.3 is 5.97 Å². The summed E-state index contributed by atoms with van der Waals surface area (Å²) in [5.74, 6) is -0.101. The van der Waals surface area contributed by atoms with Crippen molar-refractivity contribution in [3.63, 3.8) is 0 Å². The fraction of sp³-hybridized carbons (Fsp3) is 0.350. The van der Waals surface area contributed by atoms with Crippen LogP contribution >= 0.6 is 0 Å². The van der Waals surface area contributed by atoms with Crippen molar-refractivity contribution in [3.8, 4) is 11.1 Å². The first-order valence-electron chi connectivity index (χ1n) is 8.03. The fourth-order valence-corrected chi connectivity index (χ4v) is 2.66. The number of benzene rings is 2. The average Bonchev–Trinajstić information content (AvgIpc) is 2.55. The molecule has 2 aromatic rings. The summed E-state index contributed by atoms with van der Waals surface area (Å²) in [6.45, 7) is 4.54. The largest absolute Gasteiger partial charge is 0.478 e. The molecule has 2 nitrogen and oxygen atoms in total. The van der Waals surface area contributed by atoms with Gasteiger partial charge < -0.3 is 5.11 Å². The molecular formula is C20H24O2. The van der Waals surface area contributed by atoms with Gasteiger partial charge in [0.2, 0.25) is 0 Å². The first-order chi connectivity index (χ1) is 10.6. The molecule has 0 amide bonds. The number of carboxylic acid groups (broad SMARTS) is 1. The lowest BCUT2D eigenvalue weighted by Crippen LogP contribution is -1.97. The summed E-state index contributed by atoms with van der Waals surface area (Å²) < 4.78 is 0. The van der Waals surface area contributed by atoms with Gasteiger partial charge in [0.1, 0.15) is 0 Å². The number of rotatable bonds is 7. The molecule has 0 spiro atoms. The molecule has 2 heteroatoms. The zero-order valence-electron chi connectivity index (χ0n) is 13.4. The van der Waals surface area contributed by atoms with Gasteiger partial charge in [-0.15, -0.1) is 0 Å². The zero-order valence-corrected chi connectivity index (χ0v) is 13.4. The number of aromatic carboxylic acids is 1. The molecule has 1 unspecified atom stereocenters. The summed E-state index contributed by atoms with van der Waals surface area (Å²) in [4.78, 5) is 10.9. The van der Waals surface area contributed by atoms with Gasteiger partial charge in [-0.2, -0.15) is 0 Å². The van der Waals surface area contributed by atoms with E-state index in [-0.39, 0.29) is 0 Å². The van der Waals surface area contributed by atoms with Gasteiger partial charge in [0, 0.05) is 0 Å². The molecule has 0 heterocycles. The van der Waals surface area contributed by atoms with Crippen molar-refractivity contribution in [2.45, 2.75) is 39.5 Å². The van der Waals surface area contributed by atoms with E-state index in [2.05, 4.69) is 32.0 Å². The highest BCUT2D eigenvalue weighted by molar-refractivity contribution is 5.88. The number of carbonyl (C=O) groups is 1. The summed E-state index contributed by atoms with van der Waals surface area (Å²) in [5.41, 5.74) is 3.97. The van der Waals surface area contributed by atoms with Crippen LogP contribution in [0.15, 0.2) is 48.5 Å². The molecule has 116 valence electrons. The van der Waals surface area contributed by atoms with Gasteiger partial charge in [-0.25, -0.2) is 4.79 Å². The Balaban J connectivity index is 2.15. The highest BCUT2D eigenvalue weighted by atomic mass is 16.4. The molecule has 0 aliphatic heterocycles. The second kappa shape index (κ2) is 7.79. The van der Waals surface area contributed by atoms with Crippen LogP contribution in [0, 0.1) is 5.92 Å². The van der Waals surface area contributed by atoms with E-state index in [0.29, 0.717) is 5.56 Å². The molecule has 1 N–H and O–H groups in total. The Morgan fingerprint density at radius 1 is 1.09 bits per heavy atom. The normalized spacial score (nSPS) is 12.1. The van der Waals surface area contributed by atoms with Crippen molar-refractivity contribution in [3.05, 3.63) is 59.7 Å². The van der Waals surface area contributed by atoms with Crippen molar-refractivity contribution in [2.24, 2.45) is 5.92 Å². The van der Waals surface area contributed by atoms with Crippen molar-refractivity contribution in [1.82, 2.24) is 0 Å². The van der Waals surface area contributed by atoms with E-state index in [1.807, 2.05) is 18.2 Å². The van der Waals surface area contributed by atoms with Crippen molar-refractivity contribution >= 4 is 5.97 Å². The summed E-state index contributed by atoms with van der Waals surface area (Å²) in [7, 11) is 0. The van der Waals surface area contributed by atoms with E-state index in [1.54, 1.807) is 12.1 Å². The quantitative estimate of drug-likeness (QED) is 0.740. The smallest absolute Gasteiger partial charge is 0.335 e. The summed E-state index contributed by atoms with van der Waals surface area (Å²) >= 11 is 0. The topological polar surface area (TPSA) is 37.3 Å². The van der Waals surface area contributed by atoms with E-state index in [1.165, 1.54) is 30.4 Å². The van der Waals surface area contributed by atoms with Crippen LogP contribution in [0.4, 0.5) is 0 Å². The summed E-state index contributed by atoms with van der Waals surface area (Å²) in [6.07, 6.45) is 4.75. The average molecular weight is 296 g/mol. The number of aryl methyl sites for hydroxylation is 1. The Morgan fingerprint density at radius 3 is 2.41 bits per heavy atom. The molecule has 1 atom stereocenters. The SMILES string of the molecule is CCC(C)CCCc1ccccc1-c1ccc(C(=O)O)cc1. The lowest BCUT2D eigenvalue weighted by atomic mass is 9.93. The maximum Gasteiger partial charge on any atom is 0.335 e. The first-order valence-corrected chi connectivity index (χ1v) is 8.03. The van der Waals surface area contributed by atoms with Crippen LogP contribution < -0.4 is 0 Å². The second-order valence-electron chi connectivity index (χ2n) is 5.95. The number of carboxylic acids is 1. The van der Waals surface area contributed by atoms with E-state index in [0.717, 1.165) is 17.9 Å². The van der Waals surface area contributed by atoms with Gasteiger partial charge in [0.25, 0.3) is 0 Å². The number of hydrogen-bond acceptors (Lipinski definition) is 1. The minimum Gasteiger partial charge on any atom is -0.478 e. The third-order valence-electron chi connectivity index (χ3n) is 4.30. The predicted octanol–water partition coefficient (Wildman–Crippen LogP) is 5.42. The third-order valence-corrected chi connectivity index (χ3v) is 4.30. The van der Waals surface area contributed by atoms with Crippen LogP contribution in [0.2, 0.25) is 0 Å². The Morgan fingerprint density at radius 2 is 1.77 bits per heavy atom.